The van der Waals surface area contributed by atoms with Crippen LogP contribution in [-0.2, 0) is 14.8 Å². The molecule has 1 aromatic carbocycles. The molecule has 0 fully saturated rings. The van der Waals surface area contributed by atoms with Crippen LogP contribution in [-0.4, -0.2) is 40.8 Å². The van der Waals surface area contributed by atoms with E-state index in [1.54, 1.807) is 24.3 Å². The molecule has 1 atom stereocenters. The second-order valence-electron chi connectivity index (χ2n) is 6.86. The van der Waals surface area contributed by atoms with Crippen molar-refractivity contribution in [3.8, 4) is 5.75 Å². The average Bonchev–Trinajstić information content (AvgIpc) is 2.64. The predicted molar refractivity (Wildman–Crippen MR) is 111 cm³/mol. The first kappa shape index (κ1) is 23.3. The van der Waals surface area contributed by atoms with Gasteiger partial charge in [0.15, 0.2) is 0 Å². The van der Waals surface area contributed by atoms with Crippen molar-refractivity contribution >= 4 is 21.6 Å². The summed E-state index contributed by atoms with van der Waals surface area (Å²) in [5.74, 6) is 1.08. The summed E-state index contributed by atoms with van der Waals surface area (Å²) in [6.07, 6.45) is 6.46. The fourth-order valence-corrected chi connectivity index (χ4v) is 3.88. The van der Waals surface area contributed by atoms with Gasteiger partial charge in [0.1, 0.15) is 5.75 Å². The third-order valence-corrected chi connectivity index (χ3v) is 5.83. The van der Waals surface area contributed by atoms with Crippen molar-refractivity contribution in [3.05, 3.63) is 24.3 Å². The molecule has 0 aliphatic heterocycles. The average molecular weight is 399 g/mol. The summed E-state index contributed by atoms with van der Waals surface area (Å²) in [6.45, 7) is 5.26. The SMILES string of the molecule is CCCCC(CC)CNC(=O)CCCN(c1cccc(OC)c1)S(C)(=O)=O. The van der Waals surface area contributed by atoms with E-state index in [9.17, 15) is 13.2 Å². The van der Waals surface area contributed by atoms with Crippen LogP contribution in [0.2, 0.25) is 0 Å². The molecule has 1 amide bonds. The maximum Gasteiger partial charge on any atom is 0.232 e. The van der Waals surface area contributed by atoms with Crippen LogP contribution in [0.3, 0.4) is 0 Å². The number of carbonyl (C=O) groups is 1. The number of ether oxygens (including phenoxy) is 1. The van der Waals surface area contributed by atoms with Crippen LogP contribution >= 0.6 is 0 Å². The Labute approximate surface area is 164 Å². The fraction of sp³-hybridized carbons (Fsp3) is 0.650. The number of sulfonamides is 1. The maximum absolute atomic E-state index is 12.1. The molecular weight excluding hydrogens is 364 g/mol. The van der Waals surface area contributed by atoms with E-state index < -0.39 is 10.0 Å². The number of methoxy groups -OCH3 is 1. The predicted octanol–water partition coefficient (Wildman–Crippen LogP) is 3.57. The summed E-state index contributed by atoms with van der Waals surface area (Å²) in [5.41, 5.74) is 0.544. The molecule has 154 valence electrons. The second kappa shape index (κ2) is 11.8. The van der Waals surface area contributed by atoms with Gasteiger partial charge in [0, 0.05) is 25.6 Å². The Morgan fingerprint density at radius 3 is 2.59 bits per heavy atom. The molecule has 1 aromatic rings. The normalized spacial score (nSPS) is 12.4. The third-order valence-electron chi connectivity index (χ3n) is 4.64. The minimum Gasteiger partial charge on any atom is -0.497 e. The summed E-state index contributed by atoms with van der Waals surface area (Å²) in [6, 6.07) is 6.92. The molecule has 0 aromatic heterocycles. The van der Waals surface area contributed by atoms with Gasteiger partial charge in [-0.1, -0.05) is 39.2 Å². The second-order valence-corrected chi connectivity index (χ2v) is 8.77. The van der Waals surface area contributed by atoms with Crippen LogP contribution in [0.4, 0.5) is 5.69 Å². The minimum absolute atomic E-state index is 0.0240. The molecule has 0 aliphatic carbocycles. The van der Waals surface area contributed by atoms with Crippen LogP contribution in [0.25, 0.3) is 0 Å². The zero-order valence-electron chi connectivity index (χ0n) is 17.0. The lowest BCUT2D eigenvalue weighted by Gasteiger charge is -2.23. The van der Waals surface area contributed by atoms with Crippen molar-refractivity contribution < 1.29 is 17.9 Å². The van der Waals surface area contributed by atoms with Gasteiger partial charge >= 0.3 is 0 Å². The van der Waals surface area contributed by atoms with Gasteiger partial charge in [-0.2, -0.15) is 0 Å². The number of benzene rings is 1. The molecule has 0 saturated heterocycles. The highest BCUT2D eigenvalue weighted by Crippen LogP contribution is 2.23. The molecule has 0 heterocycles. The van der Waals surface area contributed by atoms with Gasteiger partial charge in [-0.25, -0.2) is 8.42 Å². The van der Waals surface area contributed by atoms with Gasteiger partial charge in [-0.05, 0) is 30.9 Å². The summed E-state index contributed by atoms with van der Waals surface area (Å²) in [5, 5.41) is 2.99. The summed E-state index contributed by atoms with van der Waals surface area (Å²) in [4.78, 5) is 12.1. The molecule has 1 rings (SSSR count). The van der Waals surface area contributed by atoms with Crippen molar-refractivity contribution in [1.82, 2.24) is 5.32 Å². The molecule has 1 N–H and O–H groups in total. The van der Waals surface area contributed by atoms with Crippen molar-refractivity contribution in [1.29, 1.82) is 0 Å². The van der Waals surface area contributed by atoms with E-state index >= 15 is 0 Å². The van der Waals surface area contributed by atoms with Gasteiger partial charge in [-0.3, -0.25) is 9.10 Å². The highest BCUT2D eigenvalue weighted by molar-refractivity contribution is 7.92. The van der Waals surface area contributed by atoms with Crippen molar-refractivity contribution in [2.24, 2.45) is 5.92 Å². The molecule has 0 saturated carbocycles. The zero-order chi connectivity index (χ0) is 20.3. The smallest absolute Gasteiger partial charge is 0.232 e. The fourth-order valence-electron chi connectivity index (χ4n) is 2.93. The first-order valence-electron chi connectivity index (χ1n) is 9.70. The molecule has 0 spiro atoms. The lowest BCUT2D eigenvalue weighted by atomic mass is 9.99. The number of anilines is 1. The third kappa shape index (κ3) is 8.65. The molecule has 0 radical (unpaired) electrons. The van der Waals surface area contributed by atoms with Crippen LogP contribution in [0.15, 0.2) is 24.3 Å². The Morgan fingerprint density at radius 2 is 2.00 bits per heavy atom. The van der Waals surface area contributed by atoms with Crippen LogP contribution in [0, 0.1) is 5.92 Å². The molecule has 6 nitrogen and oxygen atoms in total. The lowest BCUT2D eigenvalue weighted by Crippen LogP contribution is -2.33. The van der Waals surface area contributed by atoms with Crippen molar-refractivity contribution in [2.45, 2.75) is 52.4 Å². The van der Waals surface area contributed by atoms with Crippen molar-refractivity contribution in [3.63, 3.8) is 0 Å². The van der Waals surface area contributed by atoms with Crippen molar-refractivity contribution in [2.75, 3.05) is 30.8 Å². The molecule has 0 bridgehead atoms. The number of rotatable bonds is 13. The summed E-state index contributed by atoms with van der Waals surface area (Å²) < 4.78 is 30.8. The van der Waals surface area contributed by atoms with Gasteiger partial charge in [0.05, 0.1) is 19.1 Å². The Bertz CT molecular complexity index is 676. The largest absolute Gasteiger partial charge is 0.497 e. The number of amides is 1. The quantitative estimate of drug-likeness (QED) is 0.551. The maximum atomic E-state index is 12.1. The van der Waals surface area contributed by atoms with Crippen LogP contribution in [0.1, 0.15) is 52.4 Å². The highest BCUT2D eigenvalue weighted by atomic mass is 32.2. The number of carbonyl (C=O) groups excluding carboxylic acids is 1. The Kier molecular flexibility index (Phi) is 10.2. The standard InChI is InChI=1S/C20H34N2O4S/c1-5-7-10-17(6-2)16-21-20(23)13-9-14-22(27(4,24)25)18-11-8-12-19(15-18)26-3/h8,11-12,15,17H,5-7,9-10,13-14,16H2,1-4H3,(H,21,23). The topological polar surface area (TPSA) is 75.7 Å². The monoisotopic (exact) mass is 398 g/mol. The van der Waals surface area contributed by atoms with Gasteiger partial charge < -0.3 is 10.1 Å². The Hall–Kier alpha value is -1.76. The first-order chi connectivity index (χ1) is 12.8. The number of unbranched alkanes of at least 4 members (excludes halogenated alkanes) is 1. The number of hydrogen-bond donors (Lipinski definition) is 1. The molecule has 0 aliphatic rings. The van der Waals surface area contributed by atoms with E-state index in [1.165, 1.54) is 24.1 Å². The van der Waals surface area contributed by atoms with Crippen LogP contribution in [0.5, 0.6) is 5.75 Å². The van der Waals surface area contributed by atoms with E-state index in [-0.39, 0.29) is 12.5 Å². The zero-order valence-corrected chi connectivity index (χ0v) is 17.8. The van der Waals surface area contributed by atoms with Crippen LogP contribution < -0.4 is 14.4 Å². The van der Waals surface area contributed by atoms with E-state index in [0.29, 0.717) is 36.7 Å². The van der Waals surface area contributed by atoms with E-state index in [0.717, 1.165) is 19.3 Å². The van der Waals surface area contributed by atoms with Gasteiger partial charge in [0.25, 0.3) is 0 Å². The minimum atomic E-state index is -3.43. The first-order valence-corrected chi connectivity index (χ1v) is 11.5. The highest BCUT2D eigenvalue weighted by Gasteiger charge is 2.18. The van der Waals surface area contributed by atoms with Gasteiger partial charge in [-0.15, -0.1) is 0 Å². The van der Waals surface area contributed by atoms with Gasteiger partial charge in [0.2, 0.25) is 15.9 Å². The Balaban J connectivity index is 2.55. The molecular formula is C20H34N2O4S. The number of hydrogen-bond acceptors (Lipinski definition) is 4. The Morgan fingerprint density at radius 1 is 1.26 bits per heavy atom. The molecule has 27 heavy (non-hydrogen) atoms. The summed E-state index contributed by atoms with van der Waals surface area (Å²) >= 11 is 0. The lowest BCUT2D eigenvalue weighted by molar-refractivity contribution is -0.121. The number of nitrogens with one attached hydrogen (secondary N) is 1. The van der Waals surface area contributed by atoms with E-state index in [1.807, 2.05) is 0 Å². The van der Waals surface area contributed by atoms with E-state index in [4.69, 9.17) is 4.74 Å². The summed E-state index contributed by atoms with van der Waals surface area (Å²) in [7, 11) is -1.89. The van der Waals surface area contributed by atoms with E-state index in [2.05, 4.69) is 19.2 Å². The molecule has 1 unspecified atom stereocenters. The number of nitrogens with zero attached hydrogens (tertiary/aromatic N) is 1. The molecule has 7 heteroatoms.